The van der Waals surface area contributed by atoms with Crippen molar-refractivity contribution in [3.05, 3.63) is 12.2 Å². The molecule has 0 amide bonds. The third-order valence-electron chi connectivity index (χ3n) is 3.46. The van der Waals surface area contributed by atoms with E-state index in [1.165, 1.54) is 19.3 Å². The van der Waals surface area contributed by atoms with E-state index >= 15 is 0 Å². The van der Waals surface area contributed by atoms with Crippen LogP contribution in [0, 0.1) is 11.8 Å². The van der Waals surface area contributed by atoms with Crippen LogP contribution in [0.2, 0.25) is 0 Å². The Balaban J connectivity index is 2.09. The molecule has 1 aliphatic carbocycles. The summed E-state index contributed by atoms with van der Waals surface area (Å²) in [7, 11) is 0. The molecule has 0 bridgehead atoms. The fourth-order valence-corrected chi connectivity index (χ4v) is 2.38. The summed E-state index contributed by atoms with van der Waals surface area (Å²) >= 11 is 0. The summed E-state index contributed by atoms with van der Waals surface area (Å²) in [5, 5.41) is 3.62. The Morgan fingerprint density at radius 2 is 2.12 bits per heavy atom. The van der Waals surface area contributed by atoms with Crippen LogP contribution in [0.15, 0.2) is 12.2 Å². The quantitative estimate of drug-likeness (QED) is 0.554. The first-order valence-electron chi connectivity index (χ1n) is 6.55. The van der Waals surface area contributed by atoms with Crippen LogP contribution in [0.1, 0.15) is 40.0 Å². The van der Waals surface area contributed by atoms with Gasteiger partial charge >= 0.3 is 0 Å². The first-order valence-corrected chi connectivity index (χ1v) is 6.55. The number of hydrogen-bond donors (Lipinski definition) is 1. The van der Waals surface area contributed by atoms with E-state index in [0.29, 0.717) is 12.6 Å². The zero-order valence-corrected chi connectivity index (χ0v) is 11.1. The zero-order valence-electron chi connectivity index (χ0n) is 11.1. The molecule has 0 aromatic rings. The van der Waals surface area contributed by atoms with Gasteiger partial charge in [-0.25, -0.2) is 0 Å². The molecule has 2 heteroatoms. The maximum Gasteiger partial charge on any atom is 0.0672 e. The number of rotatable bonds is 6. The first-order chi connectivity index (χ1) is 7.59. The van der Waals surface area contributed by atoms with Crippen molar-refractivity contribution in [3.8, 4) is 0 Å². The first kappa shape index (κ1) is 13.7. The SMILES string of the molecule is C=C(C)COCCNC1CC(C)CCC1C. The van der Waals surface area contributed by atoms with E-state index < -0.39 is 0 Å². The molecule has 16 heavy (non-hydrogen) atoms. The standard InChI is InChI=1S/C14H27NO/c1-11(2)10-16-8-7-15-14-9-12(3)5-6-13(14)4/h12-15H,1,5-10H2,2-4H3. The van der Waals surface area contributed by atoms with Gasteiger partial charge in [-0.05, 0) is 31.6 Å². The van der Waals surface area contributed by atoms with Gasteiger partial charge in [0.2, 0.25) is 0 Å². The Kier molecular flexibility index (Phi) is 6.07. The van der Waals surface area contributed by atoms with Gasteiger partial charge in [0.1, 0.15) is 0 Å². The summed E-state index contributed by atoms with van der Waals surface area (Å²) in [6, 6.07) is 0.692. The lowest BCUT2D eigenvalue weighted by Gasteiger charge is -2.33. The lowest BCUT2D eigenvalue weighted by Crippen LogP contribution is -2.41. The molecule has 3 unspecified atom stereocenters. The van der Waals surface area contributed by atoms with Crippen molar-refractivity contribution in [2.45, 2.75) is 46.1 Å². The fourth-order valence-electron chi connectivity index (χ4n) is 2.38. The third-order valence-corrected chi connectivity index (χ3v) is 3.46. The van der Waals surface area contributed by atoms with Gasteiger partial charge in [0.05, 0.1) is 13.2 Å². The van der Waals surface area contributed by atoms with E-state index in [1.54, 1.807) is 0 Å². The van der Waals surface area contributed by atoms with Crippen LogP contribution in [0.3, 0.4) is 0 Å². The fraction of sp³-hybridized carbons (Fsp3) is 0.857. The summed E-state index contributed by atoms with van der Waals surface area (Å²) in [4.78, 5) is 0. The van der Waals surface area contributed by atoms with Gasteiger partial charge in [0.25, 0.3) is 0 Å². The molecule has 0 radical (unpaired) electrons. The predicted molar refractivity (Wildman–Crippen MR) is 69.6 cm³/mol. The molecule has 0 aromatic carbocycles. The third kappa shape index (κ3) is 5.13. The van der Waals surface area contributed by atoms with Crippen LogP contribution in [0.4, 0.5) is 0 Å². The highest BCUT2D eigenvalue weighted by Gasteiger charge is 2.24. The van der Waals surface area contributed by atoms with Crippen molar-refractivity contribution < 1.29 is 4.74 Å². The van der Waals surface area contributed by atoms with Crippen LogP contribution in [-0.2, 0) is 4.74 Å². The highest BCUT2D eigenvalue weighted by molar-refractivity contribution is 4.87. The topological polar surface area (TPSA) is 21.3 Å². The molecule has 1 aliphatic rings. The molecular weight excluding hydrogens is 198 g/mol. The monoisotopic (exact) mass is 225 g/mol. The van der Waals surface area contributed by atoms with Crippen LogP contribution in [-0.4, -0.2) is 25.8 Å². The van der Waals surface area contributed by atoms with E-state index in [1.807, 2.05) is 6.92 Å². The second kappa shape index (κ2) is 7.08. The lowest BCUT2D eigenvalue weighted by molar-refractivity contribution is 0.144. The predicted octanol–water partition coefficient (Wildman–Crippen LogP) is 2.99. The van der Waals surface area contributed by atoms with Crippen molar-refractivity contribution in [3.63, 3.8) is 0 Å². The van der Waals surface area contributed by atoms with Gasteiger partial charge in [-0.15, -0.1) is 0 Å². The molecule has 1 fully saturated rings. The molecule has 0 aliphatic heterocycles. The Hall–Kier alpha value is -0.340. The van der Waals surface area contributed by atoms with Gasteiger partial charge in [0, 0.05) is 12.6 Å². The van der Waals surface area contributed by atoms with Gasteiger partial charge in [0.15, 0.2) is 0 Å². The minimum absolute atomic E-state index is 0.692. The van der Waals surface area contributed by atoms with Crippen molar-refractivity contribution in [1.29, 1.82) is 0 Å². The molecule has 0 heterocycles. The van der Waals surface area contributed by atoms with E-state index in [0.717, 1.165) is 30.6 Å². The second-order valence-corrected chi connectivity index (χ2v) is 5.47. The average molecular weight is 225 g/mol. The summed E-state index contributed by atoms with van der Waals surface area (Å²) in [5.41, 5.74) is 1.10. The van der Waals surface area contributed by atoms with Crippen molar-refractivity contribution in [2.75, 3.05) is 19.8 Å². The Bertz CT molecular complexity index is 215. The zero-order chi connectivity index (χ0) is 12.0. The van der Waals surface area contributed by atoms with Gasteiger partial charge in [-0.3, -0.25) is 0 Å². The Morgan fingerprint density at radius 3 is 2.81 bits per heavy atom. The molecule has 1 rings (SSSR count). The molecule has 0 saturated heterocycles. The normalized spacial score (nSPS) is 30.3. The minimum atomic E-state index is 0.692. The average Bonchev–Trinajstić information content (AvgIpc) is 2.22. The maximum absolute atomic E-state index is 5.49. The largest absolute Gasteiger partial charge is 0.376 e. The molecule has 0 aromatic heterocycles. The molecule has 1 N–H and O–H groups in total. The van der Waals surface area contributed by atoms with E-state index in [-0.39, 0.29) is 0 Å². The van der Waals surface area contributed by atoms with Gasteiger partial charge in [-0.1, -0.05) is 32.4 Å². The van der Waals surface area contributed by atoms with E-state index in [2.05, 4.69) is 25.7 Å². The smallest absolute Gasteiger partial charge is 0.0672 e. The highest BCUT2D eigenvalue weighted by Crippen LogP contribution is 2.28. The van der Waals surface area contributed by atoms with Crippen LogP contribution < -0.4 is 5.32 Å². The molecule has 3 atom stereocenters. The molecule has 94 valence electrons. The number of ether oxygens (including phenoxy) is 1. The van der Waals surface area contributed by atoms with Crippen molar-refractivity contribution in [1.82, 2.24) is 5.32 Å². The molecular formula is C14H27NO. The van der Waals surface area contributed by atoms with Crippen LogP contribution >= 0.6 is 0 Å². The maximum atomic E-state index is 5.49. The van der Waals surface area contributed by atoms with Crippen LogP contribution in [0.25, 0.3) is 0 Å². The molecule has 1 saturated carbocycles. The van der Waals surface area contributed by atoms with Crippen molar-refractivity contribution >= 4 is 0 Å². The Labute approximate surface area is 100 Å². The van der Waals surface area contributed by atoms with Crippen LogP contribution in [0.5, 0.6) is 0 Å². The molecule has 2 nitrogen and oxygen atoms in total. The minimum Gasteiger partial charge on any atom is -0.376 e. The summed E-state index contributed by atoms with van der Waals surface area (Å²) in [5.74, 6) is 1.70. The lowest BCUT2D eigenvalue weighted by atomic mass is 9.80. The Morgan fingerprint density at radius 1 is 1.38 bits per heavy atom. The second-order valence-electron chi connectivity index (χ2n) is 5.47. The van der Waals surface area contributed by atoms with E-state index in [4.69, 9.17) is 4.74 Å². The number of hydrogen-bond acceptors (Lipinski definition) is 2. The summed E-state index contributed by atoms with van der Waals surface area (Å²) < 4.78 is 5.49. The van der Waals surface area contributed by atoms with Gasteiger partial charge in [-0.2, -0.15) is 0 Å². The summed E-state index contributed by atoms with van der Waals surface area (Å²) in [6.07, 6.45) is 4.08. The number of nitrogens with one attached hydrogen (secondary N) is 1. The van der Waals surface area contributed by atoms with Crippen molar-refractivity contribution in [2.24, 2.45) is 11.8 Å². The summed E-state index contributed by atoms with van der Waals surface area (Å²) in [6.45, 7) is 13.0. The van der Waals surface area contributed by atoms with E-state index in [9.17, 15) is 0 Å². The molecule has 0 spiro atoms. The van der Waals surface area contributed by atoms with Gasteiger partial charge < -0.3 is 10.1 Å². The highest BCUT2D eigenvalue weighted by atomic mass is 16.5.